The first kappa shape index (κ1) is 25.9. The Bertz CT molecular complexity index is 827. The minimum atomic E-state index is -1.79. The number of ether oxygens (including phenoxy) is 4. The lowest BCUT2D eigenvalue weighted by molar-refractivity contribution is -0.384. The van der Waals surface area contributed by atoms with E-state index in [2.05, 4.69) is 0 Å². The molecule has 186 valence electrons. The molecule has 2 saturated heterocycles. The van der Waals surface area contributed by atoms with Crippen LogP contribution in [0.5, 0.6) is 5.75 Å². The first-order valence-corrected chi connectivity index (χ1v) is 10.2. The lowest BCUT2D eigenvalue weighted by atomic mass is 9.97. The SMILES string of the molecule is O=[N+]([O-])c1ccc(OC2OC(CO)C(OC3OC(CO)C(O)C(O)C3O)C(O)C2O)c(Cl)c1. The van der Waals surface area contributed by atoms with E-state index in [9.17, 15) is 45.9 Å². The van der Waals surface area contributed by atoms with Crippen molar-refractivity contribution in [3.05, 3.63) is 33.3 Å². The van der Waals surface area contributed by atoms with E-state index in [1.54, 1.807) is 0 Å². The van der Waals surface area contributed by atoms with Crippen LogP contribution in [0, 0.1) is 10.1 Å². The Hall–Kier alpha value is -1.69. The van der Waals surface area contributed by atoms with Gasteiger partial charge in [0.1, 0.15) is 54.6 Å². The molecule has 0 spiro atoms. The third-order valence-electron chi connectivity index (χ3n) is 5.33. The van der Waals surface area contributed by atoms with E-state index in [1.807, 2.05) is 0 Å². The zero-order chi connectivity index (χ0) is 24.4. The van der Waals surface area contributed by atoms with Gasteiger partial charge in [0, 0.05) is 12.1 Å². The fourth-order valence-electron chi connectivity index (χ4n) is 3.48. The normalized spacial score (nSPS) is 39.3. The van der Waals surface area contributed by atoms with Crippen LogP contribution < -0.4 is 4.74 Å². The van der Waals surface area contributed by atoms with Gasteiger partial charge in [0.2, 0.25) is 6.29 Å². The molecular formula is C18H24ClNO13. The number of nitrogens with zero attached hydrogens (tertiary/aromatic N) is 1. The van der Waals surface area contributed by atoms with Gasteiger partial charge in [-0.05, 0) is 6.07 Å². The number of rotatable bonds is 7. The van der Waals surface area contributed by atoms with Crippen molar-refractivity contribution in [2.75, 3.05) is 13.2 Å². The van der Waals surface area contributed by atoms with Crippen LogP contribution >= 0.6 is 11.6 Å². The van der Waals surface area contributed by atoms with Gasteiger partial charge < -0.3 is 54.7 Å². The molecular weight excluding hydrogens is 474 g/mol. The largest absolute Gasteiger partial charge is 0.460 e. The van der Waals surface area contributed by atoms with E-state index >= 15 is 0 Å². The van der Waals surface area contributed by atoms with Crippen molar-refractivity contribution < 1.29 is 59.6 Å². The van der Waals surface area contributed by atoms with Crippen molar-refractivity contribution >= 4 is 17.3 Å². The van der Waals surface area contributed by atoms with E-state index in [4.69, 9.17) is 30.5 Å². The zero-order valence-electron chi connectivity index (χ0n) is 16.8. The summed E-state index contributed by atoms with van der Waals surface area (Å²) in [6, 6.07) is 3.27. The monoisotopic (exact) mass is 497 g/mol. The maximum absolute atomic E-state index is 10.8. The van der Waals surface area contributed by atoms with E-state index in [0.29, 0.717) is 0 Å². The van der Waals surface area contributed by atoms with Crippen LogP contribution in [-0.4, -0.2) is 115 Å². The summed E-state index contributed by atoms with van der Waals surface area (Å²) in [7, 11) is 0. The summed E-state index contributed by atoms with van der Waals surface area (Å²) < 4.78 is 21.5. The van der Waals surface area contributed by atoms with Crippen molar-refractivity contribution in [2.45, 2.75) is 61.4 Å². The average Bonchev–Trinajstić information content (AvgIpc) is 2.79. The van der Waals surface area contributed by atoms with Crippen LogP contribution in [0.4, 0.5) is 5.69 Å². The summed E-state index contributed by atoms with van der Waals surface area (Å²) in [4.78, 5) is 10.2. The molecule has 14 nitrogen and oxygen atoms in total. The number of halogens is 1. The smallest absolute Gasteiger partial charge is 0.271 e. The number of aliphatic hydroxyl groups excluding tert-OH is 7. The van der Waals surface area contributed by atoms with Gasteiger partial charge in [0.25, 0.3) is 5.69 Å². The standard InChI is InChI=1S/C18H24ClNO13/c19-7-3-6(20(28)29)1-2-8(7)30-17-15(27)13(25)16(10(5-22)32-17)33-18-14(26)12(24)11(23)9(4-21)31-18/h1-3,9-18,21-27H,4-5H2. The predicted octanol–water partition coefficient (Wildman–Crippen LogP) is -2.75. The average molecular weight is 498 g/mol. The molecule has 2 aliphatic heterocycles. The van der Waals surface area contributed by atoms with Crippen LogP contribution in [0.1, 0.15) is 0 Å². The molecule has 0 aromatic heterocycles. The van der Waals surface area contributed by atoms with Gasteiger partial charge in [-0.1, -0.05) is 11.6 Å². The molecule has 2 heterocycles. The van der Waals surface area contributed by atoms with Crippen LogP contribution in [0.15, 0.2) is 18.2 Å². The van der Waals surface area contributed by atoms with E-state index in [-0.39, 0.29) is 16.5 Å². The second kappa shape index (κ2) is 10.7. The van der Waals surface area contributed by atoms with Crippen molar-refractivity contribution in [1.29, 1.82) is 0 Å². The summed E-state index contributed by atoms with van der Waals surface area (Å²) in [6.45, 7) is -1.47. The summed E-state index contributed by atoms with van der Waals surface area (Å²) in [5.41, 5.74) is -0.307. The summed E-state index contributed by atoms with van der Waals surface area (Å²) >= 11 is 5.96. The van der Waals surface area contributed by atoms with Gasteiger partial charge in [-0.25, -0.2) is 0 Å². The van der Waals surface area contributed by atoms with Crippen LogP contribution in [-0.2, 0) is 14.2 Å². The van der Waals surface area contributed by atoms with E-state index in [1.165, 1.54) is 0 Å². The molecule has 0 saturated carbocycles. The van der Waals surface area contributed by atoms with Crippen molar-refractivity contribution in [1.82, 2.24) is 0 Å². The highest BCUT2D eigenvalue weighted by molar-refractivity contribution is 6.32. The van der Waals surface area contributed by atoms with Gasteiger partial charge in [-0.2, -0.15) is 0 Å². The molecule has 0 aliphatic carbocycles. The van der Waals surface area contributed by atoms with Gasteiger partial charge in [0.05, 0.1) is 23.2 Å². The van der Waals surface area contributed by atoms with Crippen LogP contribution in [0.2, 0.25) is 5.02 Å². The third kappa shape index (κ3) is 5.36. The number of benzene rings is 1. The number of non-ortho nitro benzene ring substituents is 1. The van der Waals surface area contributed by atoms with Gasteiger partial charge in [0.15, 0.2) is 6.29 Å². The minimum absolute atomic E-state index is 0.108. The molecule has 15 heteroatoms. The Balaban J connectivity index is 1.73. The lowest BCUT2D eigenvalue weighted by Crippen LogP contribution is -2.65. The topological polar surface area (TPSA) is 222 Å². The van der Waals surface area contributed by atoms with Crippen molar-refractivity contribution in [3.63, 3.8) is 0 Å². The van der Waals surface area contributed by atoms with Crippen molar-refractivity contribution in [2.24, 2.45) is 0 Å². The minimum Gasteiger partial charge on any atom is -0.460 e. The second-order valence-electron chi connectivity index (χ2n) is 7.49. The third-order valence-corrected chi connectivity index (χ3v) is 5.63. The number of nitro benzene ring substituents is 1. The molecule has 7 N–H and O–H groups in total. The highest BCUT2D eigenvalue weighted by Crippen LogP contribution is 2.33. The Morgan fingerprint density at radius 3 is 2.09 bits per heavy atom. The highest BCUT2D eigenvalue weighted by Gasteiger charge is 2.51. The maximum Gasteiger partial charge on any atom is 0.271 e. The molecule has 1 aromatic rings. The molecule has 0 bridgehead atoms. The fourth-order valence-corrected chi connectivity index (χ4v) is 3.70. The molecule has 10 atom stereocenters. The Kier molecular flexibility index (Phi) is 8.41. The summed E-state index contributed by atoms with van der Waals surface area (Å²) in [6.07, 6.45) is -16.1. The molecule has 2 aliphatic rings. The second-order valence-corrected chi connectivity index (χ2v) is 7.90. The molecule has 3 rings (SSSR count). The van der Waals surface area contributed by atoms with Gasteiger partial charge in [-0.15, -0.1) is 0 Å². The highest BCUT2D eigenvalue weighted by atomic mass is 35.5. The molecule has 10 unspecified atom stereocenters. The summed E-state index contributed by atoms with van der Waals surface area (Å²) in [5.74, 6) is -0.108. The Morgan fingerprint density at radius 1 is 0.909 bits per heavy atom. The van der Waals surface area contributed by atoms with Gasteiger partial charge >= 0.3 is 0 Å². The Morgan fingerprint density at radius 2 is 1.52 bits per heavy atom. The number of aliphatic hydroxyl groups is 7. The van der Waals surface area contributed by atoms with E-state index in [0.717, 1.165) is 18.2 Å². The molecule has 0 amide bonds. The summed E-state index contributed by atoms with van der Waals surface area (Å²) in [5, 5.41) is 80.5. The quantitative estimate of drug-likeness (QED) is 0.150. The lowest BCUT2D eigenvalue weighted by Gasteiger charge is -2.45. The van der Waals surface area contributed by atoms with E-state index < -0.39 is 79.5 Å². The first-order valence-electron chi connectivity index (χ1n) is 9.78. The number of nitro groups is 1. The maximum atomic E-state index is 10.8. The van der Waals surface area contributed by atoms with Crippen LogP contribution in [0.25, 0.3) is 0 Å². The van der Waals surface area contributed by atoms with Crippen molar-refractivity contribution in [3.8, 4) is 5.75 Å². The number of hydrogen-bond acceptors (Lipinski definition) is 13. The Labute approximate surface area is 191 Å². The number of hydrogen-bond donors (Lipinski definition) is 7. The van der Waals surface area contributed by atoms with Crippen LogP contribution in [0.3, 0.4) is 0 Å². The van der Waals surface area contributed by atoms with Gasteiger partial charge in [-0.3, -0.25) is 10.1 Å². The fraction of sp³-hybridized carbons (Fsp3) is 0.667. The predicted molar refractivity (Wildman–Crippen MR) is 105 cm³/mol. The zero-order valence-corrected chi connectivity index (χ0v) is 17.6. The molecule has 0 radical (unpaired) electrons. The molecule has 1 aromatic carbocycles. The first-order chi connectivity index (χ1) is 15.6. The molecule has 33 heavy (non-hydrogen) atoms. The molecule has 2 fully saturated rings.